The van der Waals surface area contributed by atoms with Crippen molar-refractivity contribution in [2.24, 2.45) is 0 Å². The summed E-state index contributed by atoms with van der Waals surface area (Å²) in [6, 6.07) is 0. The number of ether oxygens (including phenoxy) is 2. The van der Waals surface area contributed by atoms with Crippen molar-refractivity contribution >= 4 is 12.0 Å². The van der Waals surface area contributed by atoms with Crippen molar-refractivity contribution in [1.82, 2.24) is 5.06 Å². The highest BCUT2D eigenvalue weighted by Gasteiger charge is 2.31. The van der Waals surface area contributed by atoms with E-state index < -0.39 is 31.0 Å². The van der Waals surface area contributed by atoms with Gasteiger partial charge in [-0.2, -0.15) is 8.78 Å². The standard InChI is InChI=1S/C8H13F2NO5/c1-14-7(13)11(16-3)6(12)4-5-8(9,10)15-2/h4-5H2,1-3H3. The predicted molar refractivity (Wildman–Crippen MR) is 47.5 cm³/mol. The van der Waals surface area contributed by atoms with Gasteiger partial charge in [0, 0.05) is 20.0 Å². The van der Waals surface area contributed by atoms with Gasteiger partial charge in [-0.15, -0.1) is 5.06 Å². The predicted octanol–water partition coefficient (Wildman–Crippen LogP) is 1.16. The fourth-order valence-electron chi connectivity index (χ4n) is 0.817. The number of amides is 2. The minimum absolute atomic E-state index is 0.256. The Morgan fingerprint density at radius 1 is 1.25 bits per heavy atom. The fraction of sp³-hybridized carbons (Fsp3) is 0.750. The molecule has 0 radical (unpaired) electrons. The van der Waals surface area contributed by atoms with E-state index in [1.807, 2.05) is 0 Å². The number of hydrogen-bond donors (Lipinski definition) is 0. The molecule has 0 aromatic rings. The third-order valence-corrected chi connectivity index (χ3v) is 1.68. The van der Waals surface area contributed by atoms with Crippen LogP contribution >= 0.6 is 0 Å². The van der Waals surface area contributed by atoms with Crippen LogP contribution in [0.1, 0.15) is 12.8 Å². The summed E-state index contributed by atoms with van der Waals surface area (Å²) in [5, 5.41) is 0.256. The molecule has 0 aliphatic carbocycles. The lowest BCUT2D eigenvalue weighted by atomic mass is 10.3. The summed E-state index contributed by atoms with van der Waals surface area (Å²) in [6.07, 6.45) is -5.94. The third-order valence-electron chi connectivity index (χ3n) is 1.68. The molecular formula is C8H13F2NO5. The van der Waals surface area contributed by atoms with Crippen molar-refractivity contribution in [1.29, 1.82) is 0 Å². The van der Waals surface area contributed by atoms with Crippen LogP contribution in [-0.2, 0) is 19.1 Å². The van der Waals surface area contributed by atoms with Crippen LogP contribution in [0.15, 0.2) is 0 Å². The summed E-state index contributed by atoms with van der Waals surface area (Å²) in [6.45, 7) is 0. The number of imide groups is 1. The van der Waals surface area contributed by atoms with Gasteiger partial charge in [0.1, 0.15) is 0 Å². The van der Waals surface area contributed by atoms with Gasteiger partial charge in [0.2, 0.25) is 0 Å². The lowest BCUT2D eigenvalue weighted by Crippen LogP contribution is -2.36. The molecule has 0 rings (SSSR count). The van der Waals surface area contributed by atoms with Crippen molar-refractivity contribution in [2.75, 3.05) is 21.3 Å². The fourth-order valence-corrected chi connectivity index (χ4v) is 0.817. The monoisotopic (exact) mass is 241 g/mol. The molecule has 0 unspecified atom stereocenters. The molecule has 6 nitrogen and oxygen atoms in total. The van der Waals surface area contributed by atoms with Crippen LogP contribution in [0.4, 0.5) is 13.6 Å². The average molecular weight is 241 g/mol. The van der Waals surface area contributed by atoms with Crippen molar-refractivity contribution in [3.05, 3.63) is 0 Å². The van der Waals surface area contributed by atoms with E-state index in [4.69, 9.17) is 0 Å². The van der Waals surface area contributed by atoms with Gasteiger partial charge in [-0.05, 0) is 0 Å². The highest BCUT2D eigenvalue weighted by molar-refractivity contribution is 5.90. The van der Waals surface area contributed by atoms with Gasteiger partial charge in [0.15, 0.2) is 0 Å². The Morgan fingerprint density at radius 3 is 2.19 bits per heavy atom. The maximum Gasteiger partial charge on any atom is 0.441 e. The number of nitrogens with zero attached hydrogens (tertiary/aromatic N) is 1. The van der Waals surface area contributed by atoms with Gasteiger partial charge in [-0.3, -0.25) is 9.63 Å². The van der Waals surface area contributed by atoms with E-state index in [-0.39, 0.29) is 5.06 Å². The van der Waals surface area contributed by atoms with E-state index in [0.717, 1.165) is 21.3 Å². The second kappa shape index (κ2) is 6.33. The molecule has 16 heavy (non-hydrogen) atoms. The van der Waals surface area contributed by atoms with Crippen LogP contribution in [0.25, 0.3) is 0 Å². The van der Waals surface area contributed by atoms with E-state index in [9.17, 15) is 18.4 Å². The first-order chi connectivity index (χ1) is 7.37. The Bertz CT molecular complexity index is 259. The zero-order chi connectivity index (χ0) is 12.8. The highest BCUT2D eigenvalue weighted by atomic mass is 19.3. The van der Waals surface area contributed by atoms with E-state index in [0.29, 0.717) is 0 Å². The molecule has 0 saturated heterocycles. The number of rotatable bonds is 5. The molecule has 2 amide bonds. The average Bonchev–Trinajstić information content (AvgIpc) is 2.27. The summed E-state index contributed by atoms with van der Waals surface area (Å²) >= 11 is 0. The van der Waals surface area contributed by atoms with Crippen molar-refractivity contribution < 1.29 is 32.7 Å². The Morgan fingerprint density at radius 2 is 1.81 bits per heavy atom. The molecule has 94 valence electrons. The molecule has 0 atom stereocenters. The molecule has 8 heteroatoms. The van der Waals surface area contributed by atoms with Gasteiger partial charge in [-0.1, -0.05) is 0 Å². The van der Waals surface area contributed by atoms with Gasteiger partial charge in [-0.25, -0.2) is 4.79 Å². The number of hydrogen-bond acceptors (Lipinski definition) is 5. The first-order valence-corrected chi connectivity index (χ1v) is 4.26. The molecule has 0 saturated carbocycles. The molecular weight excluding hydrogens is 228 g/mol. The number of alkyl halides is 2. The van der Waals surface area contributed by atoms with Crippen LogP contribution in [0.2, 0.25) is 0 Å². The Balaban J connectivity index is 4.28. The van der Waals surface area contributed by atoms with Gasteiger partial charge >= 0.3 is 12.2 Å². The van der Waals surface area contributed by atoms with Crippen LogP contribution < -0.4 is 0 Å². The minimum Gasteiger partial charge on any atom is -0.451 e. The molecule has 0 spiro atoms. The number of carbonyl (C=O) groups excluding carboxylic acids is 2. The minimum atomic E-state index is -3.41. The second-order valence-corrected chi connectivity index (χ2v) is 2.68. The molecule has 0 aliphatic rings. The number of carbonyl (C=O) groups is 2. The normalized spacial score (nSPS) is 11.1. The Hall–Kier alpha value is -1.28. The summed E-state index contributed by atoms with van der Waals surface area (Å²) in [5.41, 5.74) is 0. The van der Waals surface area contributed by atoms with Crippen LogP contribution in [0.3, 0.4) is 0 Å². The van der Waals surface area contributed by atoms with Crippen molar-refractivity contribution in [3.8, 4) is 0 Å². The summed E-state index contributed by atoms with van der Waals surface area (Å²) < 4.78 is 33.3. The lowest BCUT2D eigenvalue weighted by Gasteiger charge is -2.17. The summed E-state index contributed by atoms with van der Waals surface area (Å²) in [5.74, 6) is -0.939. The smallest absolute Gasteiger partial charge is 0.441 e. The number of halogens is 2. The van der Waals surface area contributed by atoms with E-state index in [1.54, 1.807) is 0 Å². The van der Waals surface area contributed by atoms with Crippen LogP contribution in [0, 0.1) is 0 Å². The zero-order valence-corrected chi connectivity index (χ0v) is 9.16. The molecule has 0 aromatic carbocycles. The number of hydroxylamine groups is 2. The van der Waals surface area contributed by atoms with E-state index in [2.05, 4.69) is 14.3 Å². The number of methoxy groups -OCH3 is 2. The highest BCUT2D eigenvalue weighted by Crippen LogP contribution is 2.21. The third kappa shape index (κ3) is 4.49. The molecule has 0 aromatic heterocycles. The largest absolute Gasteiger partial charge is 0.451 e. The van der Waals surface area contributed by atoms with E-state index >= 15 is 0 Å². The summed E-state index contributed by atoms with van der Waals surface area (Å²) in [7, 11) is 2.90. The maximum absolute atomic E-state index is 12.6. The summed E-state index contributed by atoms with van der Waals surface area (Å²) in [4.78, 5) is 26.6. The quantitative estimate of drug-likeness (QED) is 0.676. The van der Waals surface area contributed by atoms with Crippen molar-refractivity contribution in [3.63, 3.8) is 0 Å². The molecule has 0 aliphatic heterocycles. The van der Waals surface area contributed by atoms with Crippen LogP contribution in [-0.4, -0.2) is 44.5 Å². The molecule has 0 heterocycles. The Kier molecular flexibility index (Phi) is 5.83. The topological polar surface area (TPSA) is 65.1 Å². The zero-order valence-electron chi connectivity index (χ0n) is 9.16. The van der Waals surface area contributed by atoms with Gasteiger partial charge < -0.3 is 9.47 Å². The maximum atomic E-state index is 12.6. The van der Waals surface area contributed by atoms with Gasteiger partial charge in [0.05, 0.1) is 14.2 Å². The lowest BCUT2D eigenvalue weighted by molar-refractivity contribution is -0.227. The first kappa shape index (κ1) is 14.7. The molecule has 0 bridgehead atoms. The second-order valence-electron chi connectivity index (χ2n) is 2.68. The first-order valence-electron chi connectivity index (χ1n) is 4.26. The Labute approximate surface area is 91.0 Å². The van der Waals surface area contributed by atoms with Crippen molar-refractivity contribution in [2.45, 2.75) is 19.0 Å². The molecule has 0 fully saturated rings. The molecule has 0 N–H and O–H groups in total. The SMILES string of the molecule is COC(=O)N(OC)C(=O)CCC(F)(F)OC. The van der Waals surface area contributed by atoms with Gasteiger partial charge in [0.25, 0.3) is 5.91 Å². The van der Waals surface area contributed by atoms with Crippen LogP contribution in [0.5, 0.6) is 0 Å². The van der Waals surface area contributed by atoms with E-state index in [1.165, 1.54) is 0 Å².